The molecular weight excluding hydrogens is 935 g/mol. The van der Waals surface area contributed by atoms with Crippen LogP contribution in [0.15, 0.2) is 306 Å². The minimum Gasteiger partial charge on any atom is -0.320 e. The molecule has 0 aliphatic heterocycles. The topological polar surface area (TPSA) is 45.2 Å². The van der Waals surface area contributed by atoms with Gasteiger partial charge in [-0.15, -0.1) is 0 Å². The van der Waals surface area contributed by atoms with Crippen molar-refractivity contribution < 1.29 is 0 Å². The van der Waals surface area contributed by atoms with Gasteiger partial charge in [-0.3, -0.25) is 0 Å². The van der Waals surface area contributed by atoms with Gasteiger partial charge >= 0.3 is 0 Å². The fraction of sp³-hybridized carbons (Fsp3) is 0.0417. The van der Waals surface area contributed by atoms with Crippen molar-refractivity contribution in [2.24, 2.45) is 15.0 Å². The molecule has 0 saturated carbocycles. The van der Waals surface area contributed by atoms with Crippen LogP contribution >= 0.6 is 0 Å². The molecule has 0 spiro atoms. The highest BCUT2D eigenvalue weighted by molar-refractivity contribution is 6.13. The summed E-state index contributed by atoms with van der Waals surface area (Å²) in [7, 11) is 0. The van der Waals surface area contributed by atoms with Gasteiger partial charge in [-0.2, -0.15) is 0 Å². The van der Waals surface area contributed by atoms with Gasteiger partial charge in [-0.1, -0.05) is 231 Å². The van der Waals surface area contributed by atoms with Gasteiger partial charge in [0.05, 0.1) is 16.4 Å². The molecule has 368 valence electrons. The molecule has 5 nitrogen and oxygen atoms in total. The molecule has 0 fully saturated rings. The molecule has 1 aliphatic carbocycles. The third kappa shape index (κ3) is 8.84. The number of aromatic nitrogens is 1. The van der Waals surface area contributed by atoms with Crippen molar-refractivity contribution in [2.75, 3.05) is 4.90 Å². The molecule has 11 aromatic rings. The monoisotopic (exact) mass is 989 g/mol. The Morgan fingerprint density at radius 2 is 0.987 bits per heavy atom. The maximum Gasteiger partial charge on any atom is 0.161 e. The second-order valence-electron chi connectivity index (χ2n) is 19.2. The molecule has 1 aromatic heterocycles. The predicted octanol–water partition coefficient (Wildman–Crippen LogP) is 18.0. The van der Waals surface area contributed by atoms with Crippen molar-refractivity contribution in [1.82, 2.24) is 4.57 Å². The molecule has 0 saturated heterocycles. The molecule has 5 heteroatoms. The number of aliphatic imine (C=N–C) groups is 3. The van der Waals surface area contributed by atoms with Crippen LogP contribution in [0, 0.1) is 0 Å². The molecule has 77 heavy (non-hydrogen) atoms. The van der Waals surface area contributed by atoms with Gasteiger partial charge in [0.1, 0.15) is 6.67 Å². The summed E-state index contributed by atoms with van der Waals surface area (Å²) in [6, 6.07) is 92.6. The van der Waals surface area contributed by atoms with Crippen molar-refractivity contribution in [3.63, 3.8) is 0 Å². The SMILES string of the molecule is C=CC1=C(/C=C\C)c2cc(N(c3ccc(-c4ccccc4)cc3)c3ccc(-c4ccc5c(c4)c4ccccc4n5C/N=C(\N=C(N=C)c4ccccc4)c4ccccc4)cc3)ccc2C1(c1ccccc1)c1ccccc1. The summed E-state index contributed by atoms with van der Waals surface area (Å²) in [6.07, 6.45) is 6.46. The van der Waals surface area contributed by atoms with Crippen molar-refractivity contribution in [2.45, 2.75) is 19.0 Å². The quantitative estimate of drug-likeness (QED) is 0.0838. The zero-order chi connectivity index (χ0) is 52.1. The predicted molar refractivity (Wildman–Crippen MR) is 325 cm³/mol. The third-order valence-electron chi connectivity index (χ3n) is 14.9. The minimum absolute atomic E-state index is 0.357. The number of para-hydroxylation sites is 1. The second kappa shape index (κ2) is 21.1. The molecule has 0 unspecified atom stereocenters. The molecule has 0 bridgehead atoms. The Hall–Kier alpha value is -9.97. The summed E-state index contributed by atoms with van der Waals surface area (Å²) in [6.45, 7) is 10.8. The summed E-state index contributed by atoms with van der Waals surface area (Å²) in [5, 5.41) is 2.32. The molecule has 12 rings (SSSR count). The van der Waals surface area contributed by atoms with E-state index in [1.54, 1.807) is 0 Å². The van der Waals surface area contributed by atoms with Crippen LogP contribution in [0.25, 0.3) is 49.6 Å². The molecule has 1 heterocycles. The first kappa shape index (κ1) is 48.0. The van der Waals surface area contributed by atoms with Crippen LogP contribution in [-0.4, -0.2) is 23.0 Å². The van der Waals surface area contributed by atoms with Gasteiger partial charge in [0.2, 0.25) is 0 Å². The molecule has 1 aliphatic rings. The number of fused-ring (bicyclic) bond motifs is 4. The molecule has 10 aromatic carbocycles. The molecule has 0 radical (unpaired) electrons. The third-order valence-corrected chi connectivity index (χ3v) is 14.9. The highest BCUT2D eigenvalue weighted by atomic mass is 15.1. The average molecular weight is 990 g/mol. The number of amidine groups is 2. The Morgan fingerprint density at radius 1 is 0.494 bits per heavy atom. The van der Waals surface area contributed by atoms with E-state index in [1.165, 1.54) is 39.0 Å². The lowest BCUT2D eigenvalue weighted by Gasteiger charge is -2.35. The van der Waals surface area contributed by atoms with Gasteiger partial charge in [-0.05, 0) is 124 Å². The van der Waals surface area contributed by atoms with Gasteiger partial charge in [0.15, 0.2) is 11.7 Å². The highest BCUT2D eigenvalue weighted by Crippen LogP contribution is 2.56. The normalized spacial score (nSPS) is 13.3. The Balaban J connectivity index is 0.950. The van der Waals surface area contributed by atoms with Gasteiger partial charge in [-0.25, -0.2) is 15.0 Å². The van der Waals surface area contributed by atoms with E-state index in [4.69, 9.17) is 9.98 Å². The van der Waals surface area contributed by atoms with Crippen molar-refractivity contribution >= 4 is 62.8 Å². The zero-order valence-electron chi connectivity index (χ0n) is 42.9. The lowest BCUT2D eigenvalue weighted by Crippen LogP contribution is -2.29. The van der Waals surface area contributed by atoms with Crippen LogP contribution in [0.2, 0.25) is 0 Å². The second-order valence-corrected chi connectivity index (χ2v) is 19.2. The van der Waals surface area contributed by atoms with Crippen LogP contribution in [0.1, 0.15) is 40.3 Å². The van der Waals surface area contributed by atoms with Crippen molar-refractivity contribution in [3.05, 3.63) is 325 Å². The van der Waals surface area contributed by atoms with Gasteiger partial charge < -0.3 is 9.47 Å². The van der Waals surface area contributed by atoms with Crippen LogP contribution in [0.3, 0.4) is 0 Å². The summed E-state index contributed by atoms with van der Waals surface area (Å²) in [4.78, 5) is 16.9. The van der Waals surface area contributed by atoms with Crippen molar-refractivity contribution in [1.29, 1.82) is 0 Å². The summed E-state index contributed by atoms with van der Waals surface area (Å²) < 4.78 is 2.27. The summed E-state index contributed by atoms with van der Waals surface area (Å²) >= 11 is 0. The van der Waals surface area contributed by atoms with Crippen LogP contribution in [0.5, 0.6) is 0 Å². The first-order chi connectivity index (χ1) is 38.1. The fourth-order valence-electron chi connectivity index (χ4n) is 11.4. The number of allylic oxidation sites excluding steroid dienone is 5. The Morgan fingerprint density at radius 3 is 1.57 bits per heavy atom. The summed E-state index contributed by atoms with van der Waals surface area (Å²) in [5.74, 6) is 1.11. The number of anilines is 3. The van der Waals surface area contributed by atoms with E-state index in [0.717, 1.165) is 66.7 Å². The average Bonchev–Trinajstić information content (AvgIpc) is 4.01. The van der Waals surface area contributed by atoms with Gasteiger partial charge in [0, 0.05) is 39.0 Å². The minimum atomic E-state index is -0.563. The van der Waals surface area contributed by atoms with Crippen LogP contribution in [0.4, 0.5) is 17.1 Å². The maximum absolute atomic E-state index is 5.19. The van der Waals surface area contributed by atoms with E-state index in [1.807, 2.05) is 60.7 Å². The van der Waals surface area contributed by atoms with Crippen molar-refractivity contribution in [3.8, 4) is 22.3 Å². The number of nitrogens with zero attached hydrogens (tertiary/aromatic N) is 5. The fourth-order valence-corrected chi connectivity index (χ4v) is 11.4. The highest BCUT2D eigenvalue weighted by Gasteiger charge is 2.46. The Kier molecular flexibility index (Phi) is 13.2. The van der Waals surface area contributed by atoms with Crippen LogP contribution < -0.4 is 4.90 Å². The maximum atomic E-state index is 5.19. The largest absolute Gasteiger partial charge is 0.320 e. The first-order valence-corrected chi connectivity index (χ1v) is 26.1. The zero-order valence-corrected chi connectivity index (χ0v) is 42.9. The number of benzene rings is 10. The summed E-state index contributed by atoms with van der Waals surface area (Å²) in [5.41, 5.74) is 18.3. The van der Waals surface area contributed by atoms with E-state index < -0.39 is 5.41 Å². The molecular formula is C72H55N5. The van der Waals surface area contributed by atoms with Gasteiger partial charge in [0.25, 0.3) is 0 Å². The standard InChI is InChI=1S/C72H55N5/c1-4-23-62-64-49-61(45-46-67(64)72(66(62)5-2,57-30-17-9-18-31-57)58-32-19-10-20-33-58)77(59-41-36-52(37-42-59)51-24-11-6-12-25-51)60-43-38-53(39-44-60)56-40-47-69-65(48-56)63-34-21-22-35-68(63)76(69)50-74-71(55-28-15-8-16-29-55)75-70(73-3)54-26-13-7-14-27-54/h4-49H,2-3,50H2,1H3/b23-4-,74-71-,75-70?. The van der Waals surface area contributed by atoms with E-state index in [-0.39, 0.29) is 0 Å². The Labute approximate surface area is 450 Å². The lowest BCUT2D eigenvalue weighted by molar-refractivity contribution is 0.762. The van der Waals surface area contributed by atoms with E-state index in [9.17, 15) is 0 Å². The van der Waals surface area contributed by atoms with E-state index in [2.05, 4.69) is 253 Å². The number of hydrogen-bond acceptors (Lipinski definition) is 2. The lowest BCUT2D eigenvalue weighted by atomic mass is 9.67. The van der Waals surface area contributed by atoms with E-state index >= 15 is 0 Å². The van der Waals surface area contributed by atoms with Crippen LogP contribution in [-0.2, 0) is 12.1 Å². The smallest absolute Gasteiger partial charge is 0.161 e. The first-order valence-electron chi connectivity index (χ1n) is 26.1. The molecule has 0 atom stereocenters. The number of hydrogen-bond donors (Lipinski definition) is 0. The molecule has 0 N–H and O–H groups in total. The molecule has 0 amide bonds. The van der Waals surface area contributed by atoms with E-state index in [0.29, 0.717) is 18.3 Å². The number of rotatable bonds is 13. The Bertz CT molecular complexity index is 4020.